The quantitative estimate of drug-likeness (QED) is 0.869. The summed E-state index contributed by atoms with van der Waals surface area (Å²) in [5, 5.41) is 0. The molecule has 0 fully saturated rings. The molecule has 130 valence electrons. The average molecular weight is 349 g/mol. The molecule has 1 atom stereocenters. The molecule has 2 aromatic carbocycles. The Bertz CT molecular complexity index is 662. The van der Waals surface area contributed by atoms with Crippen molar-refractivity contribution in [1.82, 2.24) is 4.90 Å². The highest BCUT2D eigenvalue weighted by Crippen LogP contribution is 2.20. The first kappa shape index (κ1) is 20.0. The van der Waals surface area contributed by atoms with Gasteiger partial charge in [0.15, 0.2) is 0 Å². The fourth-order valence-electron chi connectivity index (χ4n) is 2.56. The number of nitrogens with two attached hydrogens (primary N) is 1. The molecule has 0 aliphatic carbocycles. The minimum Gasteiger partial charge on any atom is -0.496 e. The van der Waals surface area contributed by atoms with Crippen LogP contribution in [0.4, 0.5) is 0 Å². The van der Waals surface area contributed by atoms with Gasteiger partial charge in [-0.05, 0) is 29.7 Å². The number of carbonyl (C=O) groups is 1. The van der Waals surface area contributed by atoms with Gasteiger partial charge in [-0.25, -0.2) is 0 Å². The predicted octanol–water partition coefficient (Wildman–Crippen LogP) is 3.47. The molecule has 0 aromatic heterocycles. The van der Waals surface area contributed by atoms with Crippen molar-refractivity contribution in [3.8, 4) is 5.75 Å². The third-order valence-corrected chi connectivity index (χ3v) is 3.93. The lowest BCUT2D eigenvalue weighted by Crippen LogP contribution is -2.29. The van der Waals surface area contributed by atoms with Gasteiger partial charge in [-0.15, -0.1) is 12.4 Å². The number of hydrogen-bond acceptors (Lipinski definition) is 3. The number of carbonyl (C=O) groups excluding carboxylic acids is 1. The lowest BCUT2D eigenvalue weighted by molar-refractivity contribution is -0.130. The zero-order valence-electron chi connectivity index (χ0n) is 14.4. The zero-order valence-corrected chi connectivity index (χ0v) is 15.2. The number of hydrogen-bond donors (Lipinski definition) is 1. The van der Waals surface area contributed by atoms with Crippen LogP contribution in [0.1, 0.15) is 29.2 Å². The minimum atomic E-state index is -0.274. The summed E-state index contributed by atoms with van der Waals surface area (Å²) in [6.45, 7) is 2.56. The second kappa shape index (κ2) is 9.30. The first-order chi connectivity index (χ1) is 11.0. The standard InChI is InChI=1S/C19H24N2O2.ClH/c1-14-11-15(9-10-18(14)23-3)13-21(2)19(22)12-17(20)16-7-5-4-6-8-16;/h4-11,17H,12-13,20H2,1-3H3;1H. The SMILES string of the molecule is COc1ccc(CN(C)C(=O)CC(N)c2ccccc2)cc1C.Cl. The van der Waals surface area contributed by atoms with Crippen LogP contribution in [0.15, 0.2) is 48.5 Å². The maximum Gasteiger partial charge on any atom is 0.224 e. The van der Waals surface area contributed by atoms with Crippen LogP contribution in [-0.4, -0.2) is 25.0 Å². The van der Waals surface area contributed by atoms with Crippen molar-refractivity contribution in [3.05, 3.63) is 65.2 Å². The zero-order chi connectivity index (χ0) is 16.8. The highest BCUT2D eigenvalue weighted by molar-refractivity contribution is 5.85. The number of ether oxygens (including phenoxy) is 1. The molecule has 4 nitrogen and oxygen atoms in total. The third kappa shape index (κ3) is 5.25. The summed E-state index contributed by atoms with van der Waals surface area (Å²) in [6, 6.07) is 15.4. The number of nitrogens with zero attached hydrogens (tertiary/aromatic N) is 1. The molecule has 1 amide bonds. The van der Waals surface area contributed by atoms with Gasteiger partial charge in [-0.2, -0.15) is 0 Å². The minimum absolute atomic E-state index is 0. The van der Waals surface area contributed by atoms with E-state index in [4.69, 9.17) is 10.5 Å². The first-order valence-corrected chi connectivity index (χ1v) is 7.69. The molecule has 0 heterocycles. The van der Waals surface area contributed by atoms with Crippen LogP contribution < -0.4 is 10.5 Å². The van der Waals surface area contributed by atoms with Crippen molar-refractivity contribution < 1.29 is 9.53 Å². The molecule has 2 rings (SSSR count). The fourth-order valence-corrected chi connectivity index (χ4v) is 2.56. The number of amides is 1. The van der Waals surface area contributed by atoms with Crippen LogP contribution in [0.25, 0.3) is 0 Å². The Labute approximate surface area is 150 Å². The maximum absolute atomic E-state index is 12.4. The smallest absolute Gasteiger partial charge is 0.224 e. The number of rotatable bonds is 6. The summed E-state index contributed by atoms with van der Waals surface area (Å²) in [7, 11) is 3.46. The molecular formula is C19H25ClN2O2. The van der Waals surface area contributed by atoms with E-state index in [1.807, 2.05) is 55.5 Å². The van der Waals surface area contributed by atoms with Crippen molar-refractivity contribution in [3.63, 3.8) is 0 Å². The Morgan fingerprint density at radius 3 is 2.46 bits per heavy atom. The van der Waals surface area contributed by atoms with Crippen molar-refractivity contribution in [1.29, 1.82) is 0 Å². The molecule has 0 aliphatic rings. The van der Waals surface area contributed by atoms with Gasteiger partial charge in [-0.1, -0.05) is 42.5 Å². The fraction of sp³-hybridized carbons (Fsp3) is 0.316. The van der Waals surface area contributed by atoms with Gasteiger partial charge in [0.25, 0.3) is 0 Å². The molecule has 0 radical (unpaired) electrons. The Morgan fingerprint density at radius 2 is 1.88 bits per heavy atom. The van der Waals surface area contributed by atoms with E-state index in [9.17, 15) is 4.79 Å². The highest BCUT2D eigenvalue weighted by atomic mass is 35.5. The topological polar surface area (TPSA) is 55.6 Å². The molecule has 5 heteroatoms. The molecular weight excluding hydrogens is 324 g/mol. The van der Waals surface area contributed by atoms with Crippen LogP contribution in [0, 0.1) is 6.92 Å². The average Bonchev–Trinajstić information content (AvgIpc) is 2.55. The molecule has 2 N–H and O–H groups in total. The van der Waals surface area contributed by atoms with E-state index in [-0.39, 0.29) is 24.4 Å². The highest BCUT2D eigenvalue weighted by Gasteiger charge is 2.15. The number of aryl methyl sites for hydroxylation is 1. The third-order valence-electron chi connectivity index (χ3n) is 3.93. The van der Waals surface area contributed by atoms with Gasteiger partial charge in [0.1, 0.15) is 5.75 Å². The Kier molecular flexibility index (Phi) is 7.75. The van der Waals surface area contributed by atoms with Gasteiger partial charge in [0, 0.05) is 26.1 Å². The molecule has 0 saturated heterocycles. The Balaban J connectivity index is 0.00000288. The van der Waals surface area contributed by atoms with Crippen LogP contribution in [0.5, 0.6) is 5.75 Å². The summed E-state index contributed by atoms with van der Waals surface area (Å²) in [5.74, 6) is 0.892. The Hall–Kier alpha value is -2.04. The van der Waals surface area contributed by atoms with Gasteiger partial charge in [-0.3, -0.25) is 4.79 Å². The molecule has 0 saturated carbocycles. The Morgan fingerprint density at radius 1 is 1.21 bits per heavy atom. The van der Waals surface area contributed by atoms with E-state index in [0.717, 1.165) is 22.4 Å². The van der Waals surface area contributed by atoms with E-state index < -0.39 is 0 Å². The molecule has 0 aliphatic heterocycles. The molecule has 24 heavy (non-hydrogen) atoms. The lowest BCUT2D eigenvalue weighted by atomic mass is 10.0. The van der Waals surface area contributed by atoms with E-state index in [2.05, 4.69) is 0 Å². The van der Waals surface area contributed by atoms with Crippen LogP contribution in [-0.2, 0) is 11.3 Å². The lowest BCUT2D eigenvalue weighted by Gasteiger charge is -2.20. The van der Waals surface area contributed by atoms with E-state index in [1.54, 1.807) is 19.1 Å². The van der Waals surface area contributed by atoms with Gasteiger partial charge < -0.3 is 15.4 Å². The van der Waals surface area contributed by atoms with E-state index in [0.29, 0.717) is 13.0 Å². The second-order valence-electron chi connectivity index (χ2n) is 5.78. The number of methoxy groups -OCH3 is 1. The molecule has 2 aromatic rings. The van der Waals surface area contributed by atoms with Crippen LogP contribution in [0.3, 0.4) is 0 Å². The van der Waals surface area contributed by atoms with Crippen molar-refractivity contribution >= 4 is 18.3 Å². The summed E-state index contributed by atoms with van der Waals surface area (Å²) in [6.07, 6.45) is 0.301. The normalized spacial score (nSPS) is 11.3. The van der Waals surface area contributed by atoms with Gasteiger partial charge in [0.05, 0.1) is 7.11 Å². The monoisotopic (exact) mass is 348 g/mol. The molecule has 1 unspecified atom stereocenters. The molecule has 0 bridgehead atoms. The molecule has 0 spiro atoms. The largest absolute Gasteiger partial charge is 0.496 e. The summed E-state index contributed by atoms with van der Waals surface area (Å²) >= 11 is 0. The number of halogens is 1. The van der Waals surface area contributed by atoms with Crippen LogP contribution in [0.2, 0.25) is 0 Å². The van der Waals surface area contributed by atoms with Crippen molar-refractivity contribution in [2.75, 3.05) is 14.2 Å². The predicted molar refractivity (Wildman–Crippen MR) is 99.4 cm³/mol. The number of benzene rings is 2. The van der Waals surface area contributed by atoms with Gasteiger partial charge >= 0.3 is 0 Å². The van der Waals surface area contributed by atoms with Crippen LogP contribution >= 0.6 is 12.4 Å². The summed E-state index contributed by atoms with van der Waals surface area (Å²) in [4.78, 5) is 14.1. The van der Waals surface area contributed by atoms with Gasteiger partial charge in [0.2, 0.25) is 5.91 Å². The van der Waals surface area contributed by atoms with E-state index >= 15 is 0 Å². The van der Waals surface area contributed by atoms with Crippen molar-refractivity contribution in [2.24, 2.45) is 5.73 Å². The summed E-state index contributed by atoms with van der Waals surface area (Å²) in [5.41, 5.74) is 9.24. The second-order valence-corrected chi connectivity index (χ2v) is 5.78. The first-order valence-electron chi connectivity index (χ1n) is 7.69. The summed E-state index contributed by atoms with van der Waals surface area (Å²) < 4.78 is 5.26. The maximum atomic E-state index is 12.4. The van der Waals surface area contributed by atoms with E-state index in [1.165, 1.54) is 0 Å². The van der Waals surface area contributed by atoms with Crippen molar-refractivity contribution in [2.45, 2.75) is 25.9 Å².